The maximum Gasteiger partial charge on any atom is 0.325 e. The van der Waals surface area contributed by atoms with Gasteiger partial charge in [-0.3, -0.25) is 14.4 Å². The zero-order valence-electron chi connectivity index (χ0n) is 16.4. The number of unbranched alkanes of at least 4 members (excludes halogenated alkanes) is 7. The summed E-state index contributed by atoms with van der Waals surface area (Å²) in [7, 11) is 4.87. The van der Waals surface area contributed by atoms with Crippen LogP contribution in [0.25, 0.3) is 0 Å². The third kappa shape index (κ3) is 13.8. The first-order valence-corrected chi connectivity index (χ1v) is 10.3. The predicted octanol–water partition coefficient (Wildman–Crippen LogP) is 2.36. The van der Waals surface area contributed by atoms with Crippen LogP contribution in [0.15, 0.2) is 0 Å². The lowest BCUT2D eigenvalue weighted by atomic mass is 10.1. The quantitative estimate of drug-likeness (QED) is 0.230. The standard InChI is InChI=1S/C18H33NO6Si/c1-23-17(21)14-19(15-18(22)24-2)16(20)12-10-8-6-4-5-7-9-11-13-26-25-3/h4-15H2,1-3H3. The molecule has 0 fully saturated rings. The highest BCUT2D eigenvalue weighted by molar-refractivity contribution is 6.26. The minimum Gasteiger partial charge on any atom is -0.468 e. The van der Waals surface area contributed by atoms with Crippen molar-refractivity contribution < 1.29 is 28.3 Å². The summed E-state index contributed by atoms with van der Waals surface area (Å²) in [6.45, 7) is -0.456. The lowest BCUT2D eigenvalue weighted by Gasteiger charge is -2.20. The Balaban J connectivity index is 3.84. The van der Waals surface area contributed by atoms with Crippen LogP contribution in [0.3, 0.4) is 0 Å². The van der Waals surface area contributed by atoms with Crippen LogP contribution in [0.5, 0.6) is 0 Å². The average molecular weight is 388 g/mol. The summed E-state index contributed by atoms with van der Waals surface area (Å²) < 4.78 is 14.2. The zero-order valence-corrected chi connectivity index (χ0v) is 17.4. The second-order valence-electron chi connectivity index (χ2n) is 6.08. The number of carbonyl (C=O) groups excluding carboxylic acids is 3. The highest BCUT2D eigenvalue weighted by atomic mass is 28.2. The van der Waals surface area contributed by atoms with Gasteiger partial charge in [0.1, 0.15) is 13.1 Å². The molecule has 0 aliphatic carbocycles. The van der Waals surface area contributed by atoms with Crippen molar-refractivity contribution in [3.8, 4) is 0 Å². The molecule has 0 aromatic rings. The highest BCUT2D eigenvalue weighted by Gasteiger charge is 2.20. The van der Waals surface area contributed by atoms with E-state index in [0.717, 1.165) is 25.3 Å². The number of esters is 2. The first-order chi connectivity index (χ1) is 12.5. The maximum absolute atomic E-state index is 12.2. The minimum atomic E-state index is -0.548. The topological polar surface area (TPSA) is 82.1 Å². The molecule has 1 amide bonds. The molecule has 0 saturated carbocycles. The van der Waals surface area contributed by atoms with Crippen LogP contribution in [0.4, 0.5) is 0 Å². The summed E-state index contributed by atoms with van der Waals surface area (Å²) in [5.41, 5.74) is 0. The predicted molar refractivity (Wildman–Crippen MR) is 99.7 cm³/mol. The molecule has 0 N–H and O–H groups in total. The molecule has 0 spiro atoms. The smallest absolute Gasteiger partial charge is 0.325 e. The van der Waals surface area contributed by atoms with Gasteiger partial charge in [0.2, 0.25) is 15.7 Å². The summed E-state index contributed by atoms with van der Waals surface area (Å²) in [5.74, 6) is -1.32. The molecule has 7 nitrogen and oxygen atoms in total. The summed E-state index contributed by atoms with van der Waals surface area (Å²) >= 11 is 0. The second-order valence-corrected chi connectivity index (χ2v) is 7.28. The van der Waals surface area contributed by atoms with Crippen LogP contribution in [-0.4, -0.2) is 66.9 Å². The fourth-order valence-electron chi connectivity index (χ4n) is 2.47. The van der Waals surface area contributed by atoms with Gasteiger partial charge in [-0.25, -0.2) is 0 Å². The molecule has 2 radical (unpaired) electrons. The van der Waals surface area contributed by atoms with Gasteiger partial charge in [-0.2, -0.15) is 0 Å². The Kier molecular flexibility index (Phi) is 16.1. The third-order valence-electron chi connectivity index (χ3n) is 4.01. The number of amides is 1. The van der Waals surface area contributed by atoms with Crippen molar-refractivity contribution in [1.82, 2.24) is 4.90 Å². The van der Waals surface area contributed by atoms with E-state index in [9.17, 15) is 14.4 Å². The van der Waals surface area contributed by atoms with Crippen molar-refractivity contribution in [3.05, 3.63) is 0 Å². The number of nitrogens with zero attached hydrogens (tertiary/aromatic N) is 1. The van der Waals surface area contributed by atoms with Gasteiger partial charge in [0.25, 0.3) is 0 Å². The molecule has 0 heterocycles. The molecule has 0 bridgehead atoms. The third-order valence-corrected chi connectivity index (χ3v) is 4.86. The Bertz CT molecular complexity index is 387. The van der Waals surface area contributed by atoms with Crippen LogP contribution in [0.2, 0.25) is 6.04 Å². The van der Waals surface area contributed by atoms with Gasteiger partial charge < -0.3 is 18.8 Å². The molecule has 26 heavy (non-hydrogen) atoms. The zero-order chi connectivity index (χ0) is 19.6. The molecule has 0 rings (SSSR count). The Hall–Kier alpha value is -1.41. The lowest BCUT2D eigenvalue weighted by molar-refractivity contribution is -0.152. The van der Waals surface area contributed by atoms with Gasteiger partial charge >= 0.3 is 11.9 Å². The number of methoxy groups -OCH3 is 2. The normalized spacial score (nSPS) is 10.4. The molecule has 8 heteroatoms. The Morgan fingerprint density at radius 2 is 1.19 bits per heavy atom. The minimum absolute atomic E-state index is 0.222. The summed E-state index contributed by atoms with van der Waals surface area (Å²) in [4.78, 5) is 36.2. The number of hydrogen-bond acceptors (Lipinski definition) is 6. The largest absolute Gasteiger partial charge is 0.468 e. The van der Waals surface area contributed by atoms with Crippen molar-refractivity contribution in [1.29, 1.82) is 0 Å². The average Bonchev–Trinajstić information content (AvgIpc) is 2.64. The van der Waals surface area contributed by atoms with Crippen LogP contribution in [0.1, 0.15) is 57.8 Å². The molecule has 0 aromatic carbocycles. The van der Waals surface area contributed by atoms with E-state index < -0.39 is 11.9 Å². The van der Waals surface area contributed by atoms with Crippen LogP contribution >= 0.6 is 0 Å². The van der Waals surface area contributed by atoms with Crippen molar-refractivity contribution in [2.45, 2.75) is 63.8 Å². The lowest BCUT2D eigenvalue weighted by Crippen LogP contribution is -2.40. The number of ether oxygens (including phenoxy) is 2. The van der Waals surface area contributed by atoms with Crippen molar-refractivity contribution in [2.24, 2.45) is 0 Å². The first-order valence-electron chi connectivity index (χ1n) is 9.22. The fraction of sp³-hybridized carbons (Fsp3) is 0.833. The van der Waals surface area contributed by atoms with Crippen molar-refractivity contribution in [2.75, 3.05) is 34.4 Å². The van der Waals surface area contributed by atoms with Crippen molar-refractivity contribution in [3.63, 3.8) is 0 Å². The van der Waals surface area contributed by atoms with Gasteiger partial charge in [-0.1, -0.05) is 44.9 Å². The SMILES string of the molecule is CO[Si]CCCCCCCCCCC(=O)N(CC(=O)OC)CC(=O)OC. The van der Waals surface area contributed by atoms with Gasteiger partial charge in [-0.15, -0.1) is 0 Å². The van der Waals surface area contributed by atoms with E-state index in [1.165, 1.54) is 51.2 Å². The van der Waals surface area contributed by atoms with E-state index in [-0.39, 0.29) is 19.0 Å². The van der Waals surface area contributed by atoms with Crippen LogP contribution in [-0.2, 0) is 28.3 Å². The molecular formula is C18H33NO6Si. The van der Waals surface area contributed by atoms with Crippen LogP contribution < -0.4 is 0 Å². The van der Waals surface area contributed by atoms with E-state index >= 15 is 0 Å². The van der Waals surface area contributed by atoms with E-state index in [0.29, 0.717) is 16.2 Å². The molecule has 0 unspecified atom stereocenters. The summed E-state index contributed by atoms with van der Waals surface area (Å²) in [6, 6.07) is 1.16. The van der Waals surface area contributed by atoms with Gasteiger partial charge in [0.15, 0.2) is 0 Å². The molecule has 0 atom stereocenters. The number of rotatable bonds is 16. The van der Waals surface area contributed by atoms with Gasteiger partial charge in [0.05, 0.1) is 14.2 Å². The highest BCUT2D eigenvalue weighted by Crippen LogP contribution is 2.11. The molecule has 150 valence electrons. The summed E-state index contributed by atoms with van der Waals surface area (Å²) in [6.07, 6.45) is 9.29. The first kappa shape index (κ1) is 24.6. The monoisotopic (exact) mass is 387 g/mol. The van der Waals surface area contributed by atoms with E-state index in [2.05, 4.69) is 9.47 Å². The molecular weight excluding hydrogens is 354 g/mol. The molecule has 0 saturated heterocycles. The fourth-order valence-corrected chi connectivity index (χ4v) is 3.07. The molecule has 0 aromatic heterocycles. The molecule has 0 aliphatic heterocycles. The summed E-state index contributed by atoms with van der Waals surface area (Å²) in [5, 5.41) is 0. The maximum atomic E-state index is 12.2. The van der Waals surface area contributed by atoms with E-state index in [1.54, 1.807) is 7.11 Å². The Labute approximate surface area is 159 Å². The Morgan fingerprint density at radius 1 is 0.731 bits per heavy atom. The van der Waals surface area contributed by atoms with Crippen LogP contribution in [0, 0.1) is 0 Å². The second kappa shape index (κ2) is 17.0. The number of carbonyl (C=O) groups is 3. The molecule has 0 aliphatic rings. The Morgan fingerprint density at radius 3 is 1.65 bits per heavy atom. The van der Waals surface area contributed by atoms with E-state index in [1.807, 2.05) is 0 Å². The van der Waals surface area contributed by atoms with E-state index in [4.69, 9.17) is 4.43 Å². The van der Waals surface area contributed by atoms with Gasteiger partial charge in [0, 0.05) is 13.5 Å². The number of hydrogen-bond donors (Lipinski definition) is 0. The van der Waals surface area contributed by atoms with Gasteiger partial charge in [-0.05, 0) is 12.5 Å². The van der Waals surface area contributed by atoms with Crippen molar-refractivity contribution >= 4 is 27.6 Å².